The lowest BCUT2D eigenvalue weighted by Gasteiger charge is -2.29. The number of aromatic nitrogens is 2. The lowest BCUT2D eigenvalue weighted by atomic mass is 9.84. The summed E-state index contributed by atoms with van der Waals surface area (Å²) >= 11 is 6.53. The van der Waals surface area contributed by atoms with Crippen LogP contribution in [0.2, 0.25) is 5.02 Å². The number of hydrogen-bond acceptors (Lipinski definition) is 5. The summed E-state index contributed by atoms with van der Waals surface area (Å²) in [4.78, 5) is 6.53. The molecule has 1 aliphatic rings. The first-order valence-corrected chi connectivity index (χ1v) is 9.37. The van der Waals surface area contributed by atoms with Gasteiger partial charge in [-0.05, 0) is 31.8 Å². The van der Waals surface area contributed by atoms with Crippen LogP contribution < -0.4 is 10.2 Å². The standard InChI is InChI=1S/C21H21ClN4O2/c1-25(2)9-10-26-12-24-21-19(20(26)23)18(14-5-3-4-6-16(14)22)15-8-7-13(27)11-17(15)28-21/h3-8,11-12,18,23,27H,9-10H2,1-2H3/t18-/m0/s1. The molecule has 1 aromatic heterocycles. The third kappa shape index (κ3) is 3.25. The summed E-state index contributed by atoms with van der Waals surface area (Å²) in [7, 11) is 3.99. The van der Waals surface area contributed by atoms with Crippen molar-refractivity contribution in [2.75, 3.05) is 20.6 Å². The molecule has 2 aromatic carbocycles. The zero-order valence-corrected chi connectivity index (χ0v) is 16.4. The highest BCUT2D eigenvalue weighted by molar-refractivity contribution is 6.31. The predicted octanol–water partition coefficient (Wildman–Crippen LogP) is 3.57. The molecule has 7 heteroatoms. The first-order chi connectivity index (χ1) is 13.5. The molecule has 28 heavy (non-hydrogen) atoms. The SMILES string of the molecule is CN(C)CCn1cnc2c(c1=N)[C@@H](c1ccccc1Cl)c1ccc(O)cc1O2. The molecule has 0 fully saturated rings. The maximum Gasteiger partial charge on any atom is 0.228 e. The summed E-state index contributed by atoms with van der Waals surface area (Å²) < 4.78 is 7.77. The number of hydrogen-bond donors (Lipinski definition) is 2. The molecule has 0 bridgehead atoms. The molecule has 1 atom stereocenters. The molecule has 2 heterocycles. The van der Waals surface area contributed by atoms with Gasteiger partial charge in [0.1, 0.15) is 23.3 Å². The third-order valence-electron chi connectivity index (χ3n) is 4.89. The Morgan fingerprint density at radius 1 is 1.21 bits per heavy atom. The van der Waals surface area contributed by atoms with Gasteiger partial charge in [0.25, 0.3) is 0 Å². The smallest absolute Gasteiger partial charge is 0.228 e. The average Bonchev–Trinajstić information content (AvgIpc) is 2.66. The molecular formula is C21H21ClN4O2. The van der Waals surface area contributed by atoms with E-state index in [2.05, 4.69) is 9.88 Å². The molecule has 0 saturated carbocycles. The molecule has 4 rings (SSSR count). The second-order valence-corrected chi connectivity index (χ2v) is 7.49. The van der Waals surface area contributed by atoms with E-state index in [1.54, 1.807) is 18.5 Å². The molecule has 0 aliphatic carbocycles. The van der Waals surface area contributed by atoms with Gasteiger partial charge in [-0.2, -0.15) is 0 Å². The van der Waals surface area contributed by atoms with Gasteiger partial charge in [-0.1, -0.05) is 35.9 Å². The summed E-state index contributed by atoms with van der Waals surface area (Å²) in [5.41, 5.74) is 2.74. The number of benzene rings is 2. The number of phenols is 1. The Labute approximate surface area is 168 Å². The van der Waals surface area contributed by atoms with Crippen molar-refractivity contribution in [3.05, 3.63) is 76.0 Å². The van der Waals surface area contributed by atoms with Crippen molar-refractivity contribution in [2.45, 2.75) is 12.5 Å². The zero-order chi connectivity index (χ0) is 19.8. The molecule has 0 unspecified atom stereocenters. The molecule has 144 valence electrons. The minimum Gasteiger partial charge on any atom is -0.508 e. The molecular weight excluding hydrogens is 376 g/mol. The van der Waals surface area contributed by atoms with Gasteiger partial charge in [0, 0.05) is 35.7 Å². The normalized spacial score (nSPS) is 15.1. The van der Waals surface area contributed by atoms with E-state index < -0.39 is 0 Å². The second kappa shape index (κ2) is 7.30. The van der Waals surface area contributed by atoms with Crippen LogP contribution in [0.1, 0.15) is 22.6 Å². The summed E-state index contributed by atoms with van der Waals surface area (Å²) in [5.74, 6) is 0.701. The highest BCUT2D eigenvalue weighted by atomic mass is 35.5. The van der Waals surface area contributed by atoms with Gasteiger partial charge in [-0.3, -0.25) is 5.41 Å². The minimum atomic E-state index is -0.306. The number of phenolic OH excluding ortho intramolecular Hbond substituents is 1. The average molecular weight is 397 g/mol. The van der Waals surface area contributed by atoms with Crippen molar-refractivity contribution < 1.29 is 9.84 Å². The number of fused-ring (bicyclic) bond motifs is 2. The summed E-state index contributed by atoms with van der Waals surface area (Å²) in [6.45, 7) is 1.43. The molecule has 0 spiro atoms. The van der Waals surface area contributed by atoms with E-state index in [1.807, 2.05) is 49.0 Å². The summed E-state index contributed by atoms with van der Waals surface area (Å²) in [5, 5.41) is 19.3. The number of nitrogens with zero attached hydrogens (tertiary/aromatic N) is 3. The topological polar surface area (TPSA) is 74.4 Å². The minimum absolute atomic E-state index is 0.114. The maximum atomic E-state index is 9.90. The quantitative estimate of drug-likeness (QED) is 0.553. The number of ether oxygens (including phenoxy) is 1. The van der Waals surface area contributed by atoms with Gasteiger partial charge in [0.15, 0.2) is 0 Å². The van der Waals surface area contributed by atoms with Crippen molar-refractivity contribution in [1.82, 2.24) is 14.5 Å². The fourth-order valence-corrected chi connectivity index (χ4v) is 3.71. The van der Waals surface area contributed by atoms with Gasteiger partial charge in [-0.15, -0.1) is 0 Å². The highest BCUT2D eigenvalue weighted by Crippen LogP contribution is 2.47. The van der Waals surface area contributed by atoms with Crippen molar-refractivity contribution in [3.63, 3.8) is 0 Å². The van der Waals surface area contributed by atoms with Crippen LogP contribution in [0.25, 0.3) is 0 Å². The van der Waals surface area contributed by atoms with Crippen LogP contribution in [0.15, 0.2) is 48.8 Å². The van der Waals surface area contributed by atoms with E-state index in [0.717, 1.165) is 17.7 Å². The Kier molecular flexibility index (Phi) is 4.83. The fraction of sp³-hybridized carbons (Fsp3) is 0.238. The van der Waals surface area contributed by atoms with E-state index in [9.17, 15) is 5.11 Å². The molecule has 0 radical (unpaired) electrons. The lowest BCUT2D eigenvalue weighted by Crippen LogP contribution is -2.32. The van der Waals surface area contributed by atoms with Crippen molar-refractivity contribution in [3.8, 4) is 17.4 Å². The van der Waals surface area contributed by atoms with Gasteiger partial charge in [0.05, 0.1) is 5.56 Å². The van der Waals surface area contributed by atoms with E-state index in [-0.39, 0.29) is 11.7 Å². The maximum absolute atomic E-state index is 9.90. The number of nitrogens with one attached hydrogen (secondary N) is 1. The second-order valence-electron chi connectivity index (χ2n) is 7.09. The monoisotopic (exact) mass is 396 g/mol. The van der Waals surface area contributed by atoms with Gasteiger partial charge >= 0.3 is 0 Å². The van der Waals surface area contributed by atoms with Gasteiger partial charge < -0.3 is 19.3 Å². The zero-order valence-electron chi connectivity index (χ0n) is 15.7. The Bertz CT molecular complexity index is 1090. The fourth-order valence-electron chi connectivity index (χ4n) is 3.47. The van der Waals surface area contributed by atoms with Crippen LogP contribution in [0.3, 0.4) is 0 Å². The van der Waals surface area contributed by atoms with E-state index in [4.69, 9.17) is 21.7 Å². The summed E-state index contributed by atoms with van der Waals surface area (Å²) in [6, 6.07) is 12.6. The van der Waals surface area contributed by atoms with Crippen LogP contribution in [-0.2, 0) is 6.54 Å². The first kappa shape index (κ1) is 18.5. The third-order valence-corrected chi connectivity index (χ3v) is 5.24. The number of aromatic hydroxyl groups is 1. The Hall–Kier alpha value is -2.83. The van der Waals surface area contributed by atoms with Crippen molar-refractivity contribution in [2.24, 2.45) is 0 Å². The lowest BCUT2D eigenvalue weighted by molar-refractivity contribution is 0.370. The molecule has 1 aliphatic heterocycles. The molecule has 6 nitrogen and oxygen atoms in total. The van der Waals surface area contributed by atoms with E-state index in [1.165, 1.54) is 0 Å². The molecule has 3 aromatic rings. The first-order valence-electron chi connectivity index (χ1n) is 8.99. The Balaban J connectivity index is 1.93. The number of likely N-dealkylation sites (N-methyl/N-ethyl adjacent to an activating group) is 1. The number of halogens is 1. The number of rotatable bonds is 4. The van der Waals surface area contributed by atoms with Crippen molar-refractivity contribution in [1.29, 1.82) is 5.41 Å². The van der Waals surface area contributed by atoms with Gasteiger partial charge in [-0.25, -0.2) is 4.98 Å². The van der Waals surface area contributed by atoms with Crippen LogP contribution >= 0.6 is 11.6 Å². The highest BCUT2D eigenvalue weighted by Gasteiger charge is 2.33. The van der Waals surface area contributed by atoms with Crippen LogP contribution in [0.4, 0.5) is 0 Å². The molecule has 0 saturated heterocycles. The van der Waals surface area contributed by atoms with Crippen LogP contribution in [0.5, 0.6) is 17.4 Å². The largest absolute Gasteiger partial charge is 0.508 e. The predicted molar refractivity (Wildman–Crippen MR) is 107 cm³/mol. The van der Waals surface area contributed by atoms with Gasteiger partial charge in [0.2, 0.25) is 5.88 Å². The molecule has 2 N–H and O–H groups in total. The molecule has 0 amide bonds. The van der Waals surface area contributed by atoms with E-state index in [0.29, 0.717) is 34.2 Å². The van der Waals surface area contributed by atoms with Crippen molar-refractivity contribution >= 4 is 11.6 Å². The Morgan fingerprint density at radius 2 is 2.00 bits per heavy atom. The van der Waals surface area contributed by atoms with Crippen LogP contribution in [-0.4, -0.2) is 40.2 Å². The Morgan fingerprint density at radius 3 is 2.75 bits per heavy atom. The van der Waals surface area contributed by atoms with Crippen LogP contribution in [0, 0.1) is 5.41 Å². The van der Waals surface area contributed by atoms with E-state index >= 15 is 0 Å². The summed E-state index contributed by atoms with van der Waals surface area (Å²) in [6.07, 6.45) is 1.63.